The fourth-order valence-corrected chi connectivity index (χ4v) is 4.10. The number of nitrogens with one attached hydrogen (secondary N) is 1. The fourth-order valence-electron chi connectivity index (χ4n) is 2.63. The van der Waals surface area contributed by atoms with Crippen LogP contribution in [0.5, 0.6) is 0 Å². The topological polar surface area (TPSA) is 125 Å². The van der Waals surface area contributed by atoms with Crippen LogP contribution < -0.4 is 5.32 Å². The van der Waals surface area contributed by atoms with Crippen molar-refractivity contribution in [2.45, 2.75) is 38.8 Å². The minimum Gasteiger partial charge on any atom is -0.478 e. The van der Waals surface area contributed by atoms with Crippen LogP contribution in [0.2, 0.25) is 0 Å². The molecule has 1 aliphatic heterocycles. The van der Waals surface area contributed by atoms with E-state index in [0.29, 0.717) is 0 Å². The molecule has 154 valence electrons. The van der Waals surface area contributed by atoms with Crippen LogP contribution in [0.1, 0.15) is 43.6 Å². The number of alkyl carbamates (subject to hydrolysis) is 1. The molecule has 0 aromatic heterocycles. The molecule has 2 N–H and O–H groups in total. The van der Waals surface area contributed by atoms with Gasteiger partial charge in [0.15, 0.2) is 0 Å². The third-order valence-electron chi connectivity index (χ3n) is 3.94. The molecule has 0 radical (unpaired) electrons. The number of carbonyl (C=O) groups is 2. The van der Waals surface area contributed by atoms with Crippen molar-refractivity contribution in [1.82, 2.24) is 9.62 Å². The van der Waals surface area contributed by atoms with Crippen molar-refractivity contribution in [3.63, 3.8) is 0 Å². The predicted octanol–water partition coefficient (Wildman–Crippen LogP) is 1.90. The Morgan fingerprint density at radius 2 is 1.96 bits per heavy atom. The van der Waals surface area contributed by atoms with Gasteiger partial charge in [0, 0.05) is 12.6 Å². The number of rotatable bonds is 2. The highest BCUT2D eigenvalue weighted by Crippen LogP contribution is 2.34. The number of carbonyl (C=O) groups excluding carboxylic acids is 1. The molecule has 0 saturated heterocycles. The molecule has 9 nitrogen and oxygen atoms in total. The van der Waals surface area contributed by atoms with E-state index < -0.39 is 44.8 Å². The second-order valence-corrected chi connectivity index (χ2v) is 9.56. The van der Waals surface area contributed by atoms with Crippen molar-refractivity contribution in [3.8, 4) is 0 Å². The molecule has 0 bridgehead atoms. The SMILES string of the molecule is CN1C(NC(=O)OC(C)(C)C)=N[C@](C)(c2cc(C(=O)O)ccc2F)CS1(=O)=O. The van der Waals surface area contributed by atoms with Crippen LogP contribution in [-0.4, -0.2) is 54.3 Å². The summed E-state index contributed by atoms with van der Waals surface area (Å²) in [5.41, 5.74) is -2.92. The zero-order chi connectivity index (χ0) is 21.5. The molecule has 1 aromatic rings. The van der Waals surface area contributed by atoms with Crippen LogP contribution in [0.3, 0.4) is 0 Å². The van der Waals surface area contributed by atoms with E-state index in [1.165, 1.54) is 14.0 Å². The summed E-state index contributed by atoms with van der Waals surface area (Å²) in [6.07, 6.45) is -0.933. The Hall–Kier alpha value is -2.69. The van der Waals surface area contributed by atoms with E-state index in [0.717, 1.165) is 22.5 Å². The van der Waals surface area contributed by atoms with Crippen molar-refractivity contribution in [3.05, 3.63) is 35.1 Å². The summed E-state index contributed by atoms with van der Waals surface area (Å²) < 4.78 is 45.5. The molecule has 0 fully saturated rings. The summed E-state index contributed by atoms with van der Waals surface area (Å²) in [6.45, 7) is 6.24. The van der Waals surface area contributed by atoms with E-state index in [1.807, 2.05) is 0 Å². The molecular formula is C17H22FN3O6S. The maximum absolute atomic E-state index is 14.4. The lowest BCUT2D eigenvalue weighted by Crippen LogP contribution is -2.54. The number of hydrogen-bond donors (Lipinski definition) is 2. The highest BCUT2D eigenvalue weighted by Gasteiger charge is 2.43. The molecule has 2 rings (SSSR count). The lowest BCUT2D eigenvalue weighted by Gasteiger charge is -2.36. The van der Waals surface area contributed by atoms with E-state index in [-0.39, 0.29) is 17.1 Å². The maximum atomic E-state index is 14.4. The summed E-state index contributed by atoms with van der Waals surface area (Å²) in [5, 5.41) is 11.4. The van der Waals surface area contributed by atoms with Gasteiger partial charge in [-0.15, -0.1) is 0 Å². The number of halogens is 1. The molecule has 1 amide bonds. The first-order chi connectivity index (χ1) is 12.6. The van der Waals surface area contributed by atoms with Crippen LogP contribution in [0, 0.1) is 5.82 Å². The number of hydrogen-bond acceptors (Lipinski definition) is 6. The van der Waals surface area contributed by atoms with E-state index in [2.05, 4.69) is 10.3 Å². The first-order valence-corrected chi connectivity index (χ1v) is 9.85. The summed E-state index contributed by atoms with van der Waals surface area (Å²) in [6, 6.07) is 3.04. The Morgan fingerprint density at radius 3 is 2.50 bits per heavy atom. The molecule has 0 unspecified atom stereocenters. The number of aromatic carboxylic acids is 1. The molecule has 11 heteroatoms. The smallest absolute Gasteiger partial charge is 0.414 e. The minimum absolute atomic E-state index is 0.215. The standard InChI is InChI=1S/C17H22FN3O6S/c1-16(2,3)27-15(24)19-14-20-17(4,9-28(25,26)21(14)5)11-8-10(13(22)23)6-7-12(11)18/h6-8H,9H2,1-5H3,(H,22,23)(H,19,20,24)/t17-/m0/s1. The zero-order valence-corrected chi connectivity index (χ0v) is 16.9. The first kappa shape index (κ1) is 21.6. The average molecular weight is 415 g/mol. The first-order valence-electron chi connectivity index (χ1n) is 8.24. The van der Waals surface area contributed by atoms with Crippen LogP contribution >= 0.6 is 0 Å². The van der Waals surface area contributed by atoms with Crippen LogP contribution in [-0.2, 0) is 20.3 Å². The summed E-state index contributed by atoms with van der Waals surface area (Å²) in [5.74, 6) is -3.08. The molecule has 0 aliphatic carbocycles. The molecule has 0 saturated carbocycles. The van der Waals surface area contributed by atoms with Crippen molar-refractivity contribution in [2.75, 3.05) is 12.8 Å². The second-order valence-electron chi connectivity index (χ2n) is 7.56. The maximum Gasteiger partial charge on any atom is 0.414 e. The number of carboxylic acids is 1. The molecule has 1 aromatic carbocycles. The summed E-state index contributed by atoms with van der Waals surface area (Å²) >= 11 is 0. The highest BCUT2D eigenvalue weighted by atomic mass is 32.2. The Balaban J connectivity index is 2.54. The fraction of sp³-hybridized carbons (Fsp3) is 0.471. The summed E-state index contributed by atoms with van der Waals surface area (Å²) in [4.78, 5) is 27.5. The van der Waals surface area contributed by atoms with Crippen molar-refractivity contribution < 1.29 is 32.2 Å². The third-order valence-corrected chi connectivity index (χ3v) is 5.87. The van der Waals surface area contributed by atoms with Gasteiger partial charge in [-0.2, -0.15) is 0 Å². The zero-order valence-electron chi connectivity index (χ0n) is 16.1. The van der Waals surface area contributed by atoms with Gasteiger partial charge in [0.25, 0.3) is 0 Å². The van der Waals surface area contributed by atoms with Crippen LogP contribution in [0.25, 0.3) is 0 Å². The van der Waals surface area contributed by atoms with Gasteiger partial charge in [0.05, 0.1) is 11.3 Å². The van der Waals surface area contributed by atoms with Gasteiger partial charge >= 0.3 is 12.1 Å². The third kappa shape index (κ3) is 4.58. The normalized spacial score (nSPS) is 21.6. The molecule has 0 spiro atoms. The van der Waals surface area contributed by atoms with E-state index in [1.54, 1.807) is 20.8 Å². The number of amides is 1. The predicted molar refractivity (Wildman–Crippen MR) is 99.1 cm³/mol. The quantitative estimate of drug-likeness (QED) is 0.760. The number of nitrogens with zero attached hydrogens (tertiary/aromatic N) is 2. The number of carboxylic acid groups (broad SMARTS) is 1. The Bertz CT molecular complexity index is 954. The molecule has 1 aliphatic rings. The number of aliphatic imine (C=N–C) groups is 1. The van der Waals surface area contributed by atoms with Gasteiger partial charge in [0.2, 0.25) is 16.0 Å². The number of guanidine groups is 1. The van der Waals surface area contributed by atoms with Crippen molar-refractivity contribution >= 4 is 28.0 Å². The molecule has 1 heterocycles. The average Bonchev–Trinajstić information content (AvgIpc) is 2.50. The minimum atomic E-state index is -3.99. The highest BCUT2D eigenvalue weighted by molar-refractivity contribution is 7.89. The number of sulfonamides is 1. The Morgan fingerprint density at radius 1 is 1.36 bits per heavy atom. The molecule has 1 atom stereocenters. The van der Waals surface area contributed by atoms with E-state index in [4.69, 9.17) is 9.84 Å². The number of benzene rings is 1. The second kappa shape index (κ2) is 7.04. The lowest BCUT2D eigenvalue weighted by atomic mass is 9.92. The van der Waals surface area contributed by atoms with E-state index in [9.17, 15) is 22.4 Å². The van der Waals surface area contributed by atoms with Crippen LogP contribution in [0.15, 0.2) is 23.2 Å². The lowest BCUT2D eigenvalue weighted by molar-refractivity contribution is 0.0558. The Labute approximate surface area is 162 Å². The molecule has 28 heavy (non-hydrogen) atoms. The summed E-state index contributed by atoms with van der Waals surface area (Å²) in [7, 11) is -2.80. The largest absolute Gasteiger partial charge is 0.478 e. The van der Waals surface area contributed by atoms with Crippen molar-refractivity contribution in [2.24, 2.45) is 4.99 Å². The van der Waals surface area contributed by atoms with Gasteiger partial charge < -0.3 is 9.84 Å². The van der Waals surface area contributed by atoms with Crippen molar-refractivity contribution in [1.29, 1.82) is 0 Å². The monoisotopic (exact) mass is 415 g/mol. The number of ether oxygens (including phenoxy) is 1. The van der Waals surface area contributed by atoms with Gasteiger partial charge in [-0.1, -0.05) is 0 Å². The van der Waals surface area contributed by atoms with Gasteiger partial charge in [-0.3, -0.25) is 5.32 Å². The van der Waals surface area contributed by atoms with Crippen LogP contribution in [0.4, 0.5) is 9.18 Å². The van der Waals surface area contributed by atoms with Gasteiger partial charge in [0.1, 0.15) is 17.0 Å². The Kier molecular flexibility index (Phi) is 5.43. The van der Waals surface area contributed by atoms with Gasteiger partial charge in [-0.05, 0) is 45.9 Å². The molecular weight excluding hydrogens is 393 g/mol. The van der Waals surface area contributed by atoms with E-state index >= 15 is 0 Å². The van der Waals surface area contributed by atoms with Gasteiger partial charge in [-0.25, -0.2) is 31.7 Å².